The Morgan fingerprint density at radius 1 is 1.25 bits per heavy atom. The molecule has 4 rings (SSSR count). The first-order chi connectivity index (χ1) is 13.7. The number of amides is 1. The molecule has 0 aliphatic carbocycles. The highest BCUT2D eigenvalue weighted by Gasteiger charge is 2.21. The number of nitrogens with two attached hydrogens (primary N) is 1. The van der Waals surface area contributed by atoms with Crippen molar-refractivity contribution >= 4 is 22.5 Å². The van der Waals surface area contributed by atoms with Gasteiger partial charge in [0.2, 0.25) is 5.91 Å². The Balaban J connectivity index is 1.64. The zero-order valence-corrected chi connectivity index (χ0v) is 15.4. The SMILES string of the molecule is COc1cccc([C@H](CN)C(=O)Nc2cccc3c(-c4cn[nH]c4)c[nH]c23)c1. The molecular weight excluding hydrogens is 354 g/mol. The molecule has 0 saturated carbocycles. The molecule has 0 saturated heterocycles. The molecule has 5 N–H and O–H groups in total. The fraction of sp³-hybridized carbons (Fsp3) is 0.143. The number of methoxy groups -OCH3 is 1. The third-order valence-corrected chi connectivity index (χ3v) is 4.83. The molecule has 0 aliphatic heterocycles. The van der Waals surface area contributed by atoms with Crippen LogP contribution >= 0.6 is 0 Å². The molecule has 2 heterocycles. The van der Waals surface area contributed by atoms with E-state index < -0.39 is 5.92 Å². The Morgan fingerprint density at radius 2 is 2.11 bits per heavy atom. The second kappa shape index (κ2) is 7.58. The number of carbonyl (C=O) groups is 1. The van der Waals surface area contributed by atoms with Crippen LogP contribution in [0.5, 0.6) is 5.75 Å². The van der Waals surface area contributed by atoms with Crippen LogP contribution in [0, 0.1) is 0 Å². The number of ether oxygens (including phenoxy) is 1. The van der Waals surface area contributed by atoms with Crippen molar-refractivity contribution in [2.24, 2.45) is 5.73 Å². The largest absolute Gasteiger partial charge is 0.497 e. The zero-order valence-electron chi connectivity index (χ0n) is 15.4. The summed E-state index contributed by atoms with van der Waals surface area (Å²) in [5, 5.41) is 10.8. The lowest BCUT2D eigenvalue weighted by atomic mass is 9.98. The molecule has 1 amide bonds. The average molecular weight is 375 g/mol. The normalized spacial score (nSPS) is 12.1. The molecule has 2 aromatic heterocycles. The van der Waals surface area contributed by atoms with Gasteiger partial charge in [0, 0.05) is 35.5 Å². The van der Waals surface area contributed by atoms with Crippen molar-refractivity contribution in [1.82, 2.24) is 15.2 Å². The minimum atomic E-state index is -0.478. The van der Waals surface area contributed by atoms with Crippen LogP contribution < -0.4 is 15.8 Å². The van der Waals surface area contributed by atoms with E-state index in [0.29, 0.717) is 11.4 Å². The molecule has 7 nitrogen and oxygen atoms in total. The number of H-pyrrole nitrogens is 2. The maximum Gasteiger partial charge on any atom is 0.233 e. The van der Waals surface area contributed by atoms with Crippen molar-refractivity contribution in [2.45, 2.75) is 5.92 Å². The van der Waals surface area contributed by atoms with Crippen LogP contribution in [0.15, 0.2) is 61.1 Å². The molecule has 2 aromatic carbocycles. The predicted molar refractivity (Wildman–Crippen MR) is 109 cm³/mol. The van der Waals surface area contributed by atoms with E-state index >= 15 is 0 Å². The van der Waals surface area contributed by atoms with Crippen LogP contribution in [0.3, 0.4) is 0 Å². The fourth-order valence-electron chi connectivity index (χ4n) is 3.37. The van der Waals surface area contributed by atoms with Gasteiger partial charge < -0.3 is 20.8 Å². The number of rotatable bonds is 6. The smallest absolute Gasteiger partial charge is 0.233 e. The van der Waals surface area contributed by atoms with Gasteiger partial charge in [-0.05, 0) is 23.8 Å². The average Bonchev–Trinajstić information content (AvgIpc) is 3.38. The first-order valence-electron chi connectivity index (χ1n) is 8.95. The lowest BCUT2D eigenvalue weighted by Gasteiger charge is -2.16. The van der Waals surface area contributed by atoms with E-state index in [4.69, 9.17) is 10.5 Å². The summed E-state index contributed by atoms with van der Waals surface area (Å²) in [5.41, 5.74) is 10.3. The predicted octanol–water partition coefficient (Wildman–Crippen LogP) is 3.25. The number of hydrogen-bond acceptors (Lipinski definition) is 4. The summed E-state index contributed by atoms with van der Waals surface area (Å²) in [7, 11) is 1.60. The van der Waals surface area contributed by atoms with Crippen LogP contribution in [-0.4, -0.2) is 34.7 Å². The first-order valence-corrected chi connectivity index (χ1v) is 8.95. The summed E-state index contributed by atoms with van der Waals surface area (Å²) in [4.78, 5) is 16.2. The van der Waals surface area contributed by atoms with Gasteiger partial charge in [0.05, 0.1) is 30.4 Å². The molecule has 0 unspecified atom stereocenters. The van der Waals surface area contributed by atoms with Crippen molar-refractivity contribution in [1.29, 1.82) is 0 Å². The second-order valence-corrected chi connectivity index (χ2v) is 6.47. The van der Waals surface area contributed by atoms with Crippen LogP contribution in [0.1, 0.15) is 11.5 Å². The summed E-state index contributed by atoms with van der Waals surface area (Å²) in [6, 6.07) is 13.2. The summed E-state index contributed by atoms with van der Waals surface area (Å²) < 4.78 is 5.26. The van der Waals surface area contributed by atoms with Crippen LogP contribution in [0.4, 0.5) is 5.69 Å². The zero-order chi connectivity index (χ0) is 19.5. The molecule has 7 heteroatoms. The summed E-state index contributed by atoms with van der Waals surface area (Å²) in [6.07, 6.45) is 5.51. The van der Waals surface area contributed by atoms with E-state index in [1.807, 2.05) is 54.9 Å². The number of aromatic nitrogens is 3. The van der Waals surface area contributed by atoms with Crippen LogP contribution in [-0.2, 0) is 4.79 Å². The second-order valence-electron chi connectivity index (χ2n) is 6.47. The van der Waals surface area contributed by atoms with Crippen LogP contribution in [0.25, 0.3) is 22.0 Å². The fourth-order valence-corrected chi connectivity index (χ4v) is 3.37. The number of aromatic amines is 2. The molecular formula is C21H21N5O2. The lowest BCUT2D eigenvalue weighted by molar-refractivity contribution is -0.117. The number of nitrogens with zero attached hydrogens (tertiary/aromatic N) is 1. The Labute approximate surface area is 161 Å². The van der Waals surface area contributed by atoms with Crippen molar-refractivity contribution < 1.29 is 9.53 Å². The van der Waals surface area contributed by atoms with Gasteiger partial charge in [-0.3, -0.25) is 9.89 Å². The molecule has 0 bridgehead atoms. The summed E-state index contributed by atoms with van der Waals surface area (Å²) in [6.45, 7) is 0.194. The quantitative estimate of drug-likeness (QED) is 0.415. The Kier molecular flexibility index (Phi) is 4.82. The highest BCUT2D eigenvalue weighted by molar-refractivity contribution is 6.07. The number of anilines is 1. The molecule has 0 fully saturated rings. The van der Waals surface area contributed by atoms with Crippen LogP contribution in [0.2, 0.25) is 0 Å². The number of nitrogens with one attached hydrogen (secondary N) is 3. The van der Waals surface area contributed by atoms with E-state index in [9.17, 15) is 4.79 Å². The number of carbonyl (C=O) groups excluding carboxylic acids is 1. The maximum atomic E-state index is 13.0. The van der Waals surface area contributed by atoms with E-state index in [-0.39, 0.29) is 12.5 Å². The minimum Gasteiger partial charge on any atom is -0.497 e. The number of benzene rings is 2. The molecule has 0 aliphatic rings. The Morgan fingerprint density at radius 3 is 2.86 bits per heavy atom. The van der Waals surface area contributed by atoms with Gasteiger partial charge in [-0.2, -0.15) is 5.10 Å². The topological polar surface area (TPSA) is 109 Å². The van der Waals surface area contributed by atoms with E-state index in [1.165, 1.54) is 0 Å². The Bertz CT molecular complexity index is 1100. The number of fused-ring (bicyclic) bond motifs is 1. The molecule has 0 spiro atoms. The van der Waals surface area contributed by atoms with Gasteiger partial charge in [0.1, 0.15) is 5.75 Å². The first kappa shape index (κ1) is 17.8. The van der Waals surface area contributed by atoms with E-state index in [1.54, 1.807) is 13.3 Å². The Hall–Kier alpha value is -3.58. The van der Waals surface area contributed by atoms with Gasteiger partial charge in [-0.15, -0.1) is 0 Å². The molecule has 4 aromatic rings. The van der Waals surface area contributed by atoms with Crippen molar-refractivity contribution in [2.75, 3.05) is 19.0 Å². The molecule has 0 radical (unpaired) electrons. The highest BCUT2D eigenvalue weighted by atomic mass is 16.5. The molecule has 142 valence electrons. The lowest BCUT2D eigenvalue weighted by Crippen LogP contribution is -2.27. The highest BCUT2D eigenvalue weighted by Crippen LogP contribution is 2.32. The summed E-state index contributed by atoms with van der Waals surface area (Å²) >= 11 is 0. The van der Waals surface area contributed by atoms with Gasteiger partial charge in [0.15, 0.2) is 0 Å². The maximum absolute atomic E-state index is 13.0. The van der Waals surface area contributed by atoms with E-state index in [2.05, 4.69) is 20.5 Å². The van der Waals surface area contributed by atoms with Crippen molar-refractivity contribution in [3.8, 4) is 16.9 Å². The van der Waals surface area contributed by atoms with Gasteiger partial charge in [-0.1, -0.05) is 24.3 Å². The third kappa shape index (κ3) is 3.23. The number of para-hydroxylation sites is 1. The number of hydrogen-bond donors (Lipinski definition) is 4. The van der Waals surface area contributed by atoms with E-state index in [0.717, 1.165) is 27.6 Å². The minimum absolute atomic E-state index is 0.164. The summed E-state index contributed by atoms with van der Waals surface area (Å²) in [5.74, 6) is 0.0522. The van der Waals surface area contributed by atoms with Gasteiger partial charge in [-0.25, -0.2) is 0 Å². The third-order valence-electron chi connectivity index (χ3n) is 4.83. The van der Waals surface area contributed by atoms with Gasteiger partial charge in [0.25, 0.3) is 0 Å². The van der Waals surface area contributed by atoms with Crippen molar-refractivity contribution in [3.63, 3.8) is 0 Å². The van der Waals surface area contributed by atoms with Gasteiger partial charge >= 0.3 is 0 Å². The molecule has 28 heavy (non-hydrogen) atoms. The standard InChI is InChI=1S/C21H21N5O2/c1-28-15-5-2-4-13(8-15)17(9-22)21(27)26-19-7-3-6-16-18(12-23-20(16)19)14-10-24-25-11-14/h2-8,10-12,17,23H,9,22H2,1H3,(H,24,25)(H,26,27)/t17-/m0/s1. The monoisotopic (exact) mass is 375 g/mol. The molecule has 1 atom stereocenters. The van der Waals surface area contributed by atoms with Crippen molar-refractivity contribution in [3.05, 3.63) is 66.6 Å².